The molecule has 0 fully saturated rings. The van der Waals surface area contributed by atoms with Crippen molar-refractivity contribution in [3.63, 3.8) is 0 Å². The van der Waals surface area contributed by atoms with Gasteiger partial charge in [-0.1, -0.05) is 12.1 Å². The molecule has 0 bridgehead atoms. The largest absolute Gasteiger partial charge is 0.478 e. The molecule has 0 aliphatic carbocycles. The minimum atomic E-state index is -1.15. The van der Waals surface area contributed by atoms with E-state index in [1.54, 1.807) is 24.3 Å². The fraction of sp³-hybridized carbons (Fsp3) is 0.154. The Morgan fingerprint density at radius 2 is 1.50 bits per heavy atom. The zero-order valence-corrected chi connectivity index (χ0v) is 9.93. The van der Waals surface area contributed by atoms with E-state index in [9.17, 15) is 14.4 Å². The van der Waals surface area contributed by atoms with Crippen molar-refractivity contribution in [2.75, 3.05) is 0 Å². The lowest BCUT2D eigenvalue weighted by molar-refractivity contribution is -0.132. The van der Waals surface area contributed by atoms with Gasteiger partial charge in [0.05, 0.1) is 16.7 Å². The number of benzene rings is 1. The van der Waals surface area contributed by atoms with Gasteiger partial charge in [0.15, 0.2) is 0 Å². The van der Waals surface area contributed by atoms with Crippen LogP contribution in [0.4, 0.5) is 0 Å². The molecule has 0 unspecified atom stereocenters. The van der Waals surface area contributed by atoms with E-state index in [0.29, 0.717) is 11.1 Å². The number of nitrogens with zero attached hydrogens (tertiary/aromatic N) is 1. The van der Waals surface area contributed by atoms with Crippen LogP contribution in [0.15, 0.2) is 35.5 Å². The number of aliphatic carboxylic acids is 1. The molecule has 1 N–H and O–H groups in total. The van der Waals surface area contributed by atoms with Crippen LogP contribution < -0.4 is 0 Å². The first kappa shape index (κ1) is 12.0. The van der Waals surface area contributed by atoms with Gasteiger partial charge in [-0.25, -0.2) is 9.69 Å². The summed E-state index contributed by atoms with van der Waals surface area (Å²) in [6, 6.07) is 6.44. The van der Waals surface area contributed by atoms with Crippen LogP contribution in [-0.2, 0) is 4.79 Å². The molecule has 0 radical (unpaired) electrons. The molecule has 92 valence electrons. The average Bonchev–Trinajstić information content (AvgIpc) is 2.61. The Balaban J connectivity index is 2.53. The zero-order valence-electron chi connectivity index (χ0n) is 9.93. The molecule has 1 aromatic carbocycles. The highest BCUT2D eigenvalue weighted by Crippen LogP contribution is 2.26. The molecule has 1 heterocycles. The number of carboxylic acid groups (broad SMARTS) is 1. The second-order valence-electron chi connectivity index (χ2n) is 4.01. The quantitative estimate of drug-likeness (QED) is 0.635. The summed E-state index contributed by atoms with van der Waals surface area (Å²) >= 11 is 0. The number of carbonyl (C=O) groups is 3. The molecule has 2 amide bonds. The van der Waals surface area contributed by atoms with Crippen LogP contribution in [0.3, 0.4) is 0 Å². The number of hydrogen-bond acceptors (Lipinski definition) is 3. The molecule has 18 heavy (non-hydrogen) atoms. The first-order valence-electron chi connectivity index (χ1n) is 5.33. The van der Waals surface area contributed by atoms with Gasteiger partial charge in [0.1, 0.15) is 0 Å². The van der Waals surface area contributed by atoms with Gasteiger partial charge in [-0.2, -0.15) is 0 Å². The topological polar surface area (TPSA) is 74.7 Å². The molecule has 5 nitrogen and oxygen atoms in total. The third-order valence-electron chi connectivity index (χ3n) is 2.99. The predicted molar refractivity (Wildman–Crippen MR) is 63.0 cm³/mol. The van der Waals surface area contributed by atoms with Gasteiger partial charge >= 0.3 is 5.97 Å². The Labute approximate surface area is 103 Å². The Morgan fingerprint density at radius 1 is 1.06 bits per heavy atom. The molecule has 0 atom stereocenters. The van der Waals surface area contributed by atoms with E-state index in [1.807, 2.05) is 0 Å². The molecular weight excluding hydrogens is 234 g/mol. The maximum Gasteiger partial charge on any atom is 0.333 e. The SMILES string of the molecule is C/C(C(=O)O)=C(/C)N1C(=O)c2ccccc2C1=O. The van der Waals surface area contributed by atoms with Gasteiger partial charge in [0.25, 0.3) is 11.8 Å². The standard InChI is InChI=1S/C13H11NO4/c1-7(13(17)18)8(2)14-11(15)9-5-3-4-6-10(9)12(14)16/h3-6H,1-2H3,(H,17,18)/b8-7+. The summed E-state index contributed by atoms with van der Waals surface area (Å²) in [5, 5.41) is 8.90. The first-order valence-corrected chi connectivity index (χ1v) is 5.33. The summed E-state index contributed by atoms with van der Waals surface area (Å²) in [6.45, 7) is 2.81. The van der Waals surface area contributed by atoms with Crippen molar-refractivity contribution >= 4 is 17.8 Å². The van der Waals surface area contributed by atoms with Crippen LogP contribution in [0.5, 0.6) is 0 Å². The van der Waals surface area contributed by atoms with Crippen molar-refractivity contribution in [2.24, 2.45) is 0 Å². The van der Waals surface area contributed by atoms with Crippen molar-refractivity contribution in [1.82, 2.24) is 4.90 Å². The van der Waals surface area contributed by atoms with Gasteiger partial charge < -0.3 is 5.11 Å². The van der Waals surface area contributed by atoms with Crippen LogP contribution in [0.1, 0.15) is 34.6 Å². The summed E-state index contributed by atoms with van der Waals surface area (Å²) in [6.07, 6.45) is 0. The maximum absolute atomic E-state index is 12.1. The van der Waals surface area contributed by atoms with Crippen molar-refractivity contribution in [2.45, 2.75) is 13.8 Å². The van der Waals surface area contributed by atoms with E-state index in [2.05, 4.69) is 0 Å². The molecule has 0 aromatic heterocycles. The lowest BCUT2D eigenvalue weighted by atomic mass is 10.1. The Hall–Kier alpha value is -2.43. The van der Waals surface area contributed by atoms with Crippen molar-refractivity contribution in [1.29, 1.82) is 0 Å². The van der Waals surface area contributed by atoms with Crippen LogP contribution in [-0.4, -0.2) is 27.8 Å². The zero-order chi connectivity index (χ0) is 13.4. The van der Waals surface area contributed by atoms with Gasteiger partial charge in [0, 0.05) is 5.70 Å². The lowest BCUT2D eigenvalue weighted by Crippen LogP contribution is -2.29. The van der Waals surface area contributed by atoms with E-state index < -0.39 is 17.8 Å². The fourth-order valence-corrected chi connectivity index (χ4v) is 1.82. The summed E-state index contributed by atoms with van der Waals surface area (Å²) in [5.74, 6) is -2.11. The van der Waals surface area contributed by atoms with Crippen molar-refractivity contribution < 1.29 is 19.5 Å². The molecule has 5 heteroatoms. The number of amides is 2. The van der Waals surface area contributed by atoms with Crippen molar-refractivity contribution in [3.8, 4) is 0 Å². The Bertz CT molecular complexity index is 566. The predicted octanol–water partition coefficient (Wildman–Crippen LogP) is 1.66. The van der Waals surface area contributed by atoms with E-state index in [4.69, 9.17) is 5.11 Å². The second kappa shape index (κ2) is 4.10. The van der Waals surface area contributed by atoms with E-state index in [0.717, 1.165) is 4.90 Å². The Kier molecular flexibility index (Phi) is 2.74. The molecule has 0 saturated heterocycles. The van der Waals surface area contributed by atoms with Crippen LogP contribution in [0.2, 0.25) is 0 Å². The highest BCUT2D eigenvalue weighted by molar-refractivity contribution is 6.22. The minimum Gasteiger partial charge on any atom is -0.478 e. The molecule has 1 aromatic rings. The summed E-state index contributed by atoms with van der Waals surface area (Å²) in [4.78, 5) is 35.9. The summed E-state index contributed by atoms with van der Waals surface area (Å²) < 4.78 is 0. The maximum atomic E-state index is 12.1. The molecular formula is C13H11NO4. The molecule has 1 aliphatic heterocycles. The van der Waals surface area contributed by atoms with Crippen LogP contribution in [0.25, 0.3) is 0 Å². The third-order valence-corrected chi connectivity index (χ3v) is 2.99. The second-order valence-corrected chi connectivity index (χ2v) is 4.01. The van der Waals surface area contributed by atoms with Crippen molar-refractivity contribution in [3.05, 3.63) is 46.7 Å². The van der Waals surface area contributed by atoms with E-state index in [-0.39, 0.29) is 11.3 Å². The summed E-state index contributed by atoms with van der Waals surface area (Å²) in [5.41, 5.74) is 0.735. The normalized spacial score (nSPS) is 15.6. The first-order chi connectivity index (χ1) is 8.45. The average molecular weight is 245 g/mol. The molecule has 1 aliphatic rings. The lowest BCUT2D eigenvalue weighted by Gasteiger charge is -2.15. The Morgan fingerprint density at radius 3 is 1.89 bits per heavy atom. The number of hydrogen-bond donors (Lipinski definition) is 1. The number of carboxylic acids is 1. The number of rotatable bonds is 2. The van der Waals surface area contributed by atoms with Crippen LogP contribution in [0, 0.1) is 0 Å². The number of carbonyl (C=O) groups excluding carboxylic acids is 2. The number of fused-ring (bicyclic) bond motifs is 1. The van der Waals surface area contributed by atoms with Crippen LogP contribution >= 0.6 is 0 Å². The number of imide groups is 1. The van der Waals surface area contributed by atoms with E-state index in [1.165, 1.54) is 13.8 Å². The van der Waals surface area contributed by atoms with E-state index >= 15 is 0 Å². The van der Waals surface area contributed by atoms with Gasteiger partial charge in [-0.3, -0.25) is 9.59 Å². The number of allylic oxidation sites excluding steroid dienone is 1. The third kappa shape index (κ3) is 1.60. The smallest absolute Gasteiger partial charge is 0.333 e. The van der Waals surface area contributed by atoms with Gasteiger partial charge in [-0.15, -0.1) is 0 Å². The van der Waals surface area contributed by atoms with Gasteiger partial charge in [0.2, 0.25) is 0 Å². The molecule has 0 spiro atoms. The monoisotopic (exact) mass is 245 g/mol. The highest BCUT2D eigenvalue weighted by Gasteiger charge is 2.37. The summed E-state index contributed by atoms with van der Waals surface area (Å²) in [7, 11) is 0. The highest BCUT2D eigenvalue weighted by atomic mass is 16.4. The van der Waals surface area contributed by atoms with Gasteiger partial charge in [-0.05, 0) is 26.0 Å². The molecule has 2 rings (SSSR count). The minimum absolute atomic E-state index is 0.0236. The molecule has 0 saturated carbocycles. The fourth-order valence-electron chi connectivity index (χ4n) is 1.82.